The van der Waals surface area contributed by atoms with Gasteiger partial charge in [0, 0.05) is 13.2 Å². The average molecular weight is 292 g/mol. The number of aromatic nitrogens is 1. The number of anilines is 1. The summed E-state index contributed by atoms with van der Waals surface area (Å²) in [5.41, 5.74) is 6.06. The molecule has 0 saturated carbocycles. The Bertz CT molecular complexity index is 730. The lowest BCUT2D eigenvalue weighted by atomic mass is 9.84. The van der Waals surface area contributed by atoms with Gasteiger partial charge in [-0.15, -0.1) is 0 Å². The average Bonchev–Trinajstić information content (AvgIpc) is 2.51. The standard InChI is InChI=1S/C20H24N2/c1-14(2)16-12-19-18(21-13-16)10-11-20(4,22(19)5)17-9-7-6-8-15(17)3/h6-14H,1-5H3. The van der Waals surface area contributed by atoms with E-state index in [0.29, 0.717) is 5.92 Å². The SMILES string of the molecule is Cc1ccccc1C1(C)C=Cc2ncc(C(C)C)cc2N1C. The van der Waals surface area contributed by atoms with E-state index in [4.69, 9.17) is 0 Å². The molecule has 0 aliphatic carbocycles. The number of nitrogens with zero attached hydrogens (tertiary/aromatic N) is 2. The van der Waals surface area contributed by atoms with Gasteiger partial charge in [-0.1, -0.05) is 44.2 Å². The van der Waals surface area contributed by atoms with Crippen LogP contribution in [0.5, 0.6) is 0 Å². The summed E-state index contributed by atoms with van der Waals surface area (Å²) in [6, 6.07) is 10.9. The lowest BCUT2D eigenvalue weighted by molar-refractivity contribution is 0.572. The first-order valence-electron chi connectivity index (χ1n) is 7.92. The molecule has 1 unspecified atom stereocenters. The first kappa shape index (κ1) is 14.8. The third-order valence-electron chi connectivity index (χ3n) is 4.90. The molecule has 1 aliphatic rings. The lowest BCUT2D eigenvalue weighted by Crippen LogP contribution is -2.42. The van der Waals surface area contributed by atoms with E-state index < -0.39 is 0 Å². The predicted octanol–water partition coefficient (Wildman–Crippen LogP) is 4.89. The first-order valence-corrected chi connectivity index (χ1v) is 7.92. The molecule has 2 aromatic rings. The van der Waals surface area contributed by atoms with Gasteiger partial charge in [0.25, 0.3) is 0 Å². The van der Waals surface area contributed by atoms with Crippen molar-refractivity contribution in [3.8, 4) is 0 Å². The van der Waals surface area contributed by atoms with Gasteiger partial charge >= 0.3 is 0 Å². The Morgan fingerprint density at radius 1 is 1.18 bits per heavy atom. The summed E-state index contributed by atoms with van der Waals surface area (Å²) >= 11 is 0. The number of benzene rings is 1. The van der Waals surface area contributed by atoms with Crippen LogP contribution in [0.15, 0.2) is 42.6 Å². The minimum atomic E-state index is -0.143. The highest BCUT2D eigenvalue weighted by molar-refractivity contribution is 5.72. The fourth-order valence-electron chi connectivity index (χ4n) is 3.21. The smallest absolute Gasteiger partial charge is 0.0861 e. The Kier molecular flexibility index (Phi) is 3.56. The van der Waals surface area contributed by atoms with Crippen molar-refractivity contribution >= 4 is 11.8 Å². The van der Waals surface area contributed by atoms with Crippen LogP contribution in [0.4, 0.5) is 5.69 Å². The summed E-state index contributed by atoms with van der Waals surface area (Å²) in [6.45, 7) is 8.88. The molecule has 0 spiro atoms. The second-order valence-corrected chi connectivity index (χ2v) is 6.68. The van der Waals surface area contributed by atoms with Gasteiger partial charge < -0.3 is 4.90 Å². The van der Waals surface area contributed by atoms with Crippen molar-refractivity contribution in [1.29, 1.82) is 0 Å². The number of rotatable bonds is 2. The maximum absolute atomic E-state index is 4.64. The molecular formula is C20H24N2. The first-order chi connectivity index (χ1) is 10.4. The van der Waals surface area contributed by atoms with Crippen LogP contribution in [0.2, 0.25) is 0 Å². The van der Waals surface area contributed by atoms with Crippen LogP contribution in [0, 0.1) is 6.92 Å². The van der Waals surface area contributed by atoms with E-state index in [1.807, 2.05) is 6.20 Å². The number of likely N-dealkylation sites (N-methyl/N-ethyl adjacent to an activating group) is 1. The van der Waals surface area contributed by atoms with E-state index in [1.54, 1.807) is 0 Å². The fourth-order valence-corrected chi connectivity index (χ4v) is 3.21. The van der Waals surface area contributed by atoms with Gasteiger partial charge in [-0.2, -0.15) is 0 Å². The van der Waals surface area contributed by atoms with E-state index in [2.05, 4.69) is 87.1 Å². The zero-order chi connectivity index (χ0) is 15.9. The number of fused-ring (bicyclic) bond motifs is 1. The van der Waals surface area contributed by atoms with Gasteiger partial charge in [0.1, 0.15) is 0 Å². The summed E-state index contributed by atoms with van der Waals surface area (Å²) in [6.07, 6.45) is 6.42. The summed E-state index contributed by atoms with van der Waals surface area (Å²) in [4.78, 5) is 6.99. The summed E-state index contributed by atoms with van der Waals surface area (Å²) in [5.74, 6) is 0.488. The molecule has 1 aliphatic heterocycles. The van der Waals surface area contributed by atoms with E-state index in [1.165, 1.54) is 22.4 Å². The van der Waals surface area contributed by atoms with Gasteiger partial charge in [-0.25, -0.2) is 0 Å². The molecule has 0 amide bonds. The second-order valence-electron chi connectivity index (χ2n) is 6.68. The highest BCUT2D eigenvalue weighted by Crippen LogP contribution is 2.40. The molecule has 2 heteroatoms. The Hall–Kier alpha value is -2.09. The number of aryl methyl sites for hydroxylation is 1. The quantitative estimate of drug-likeness (QED) is 0.783. The van der Waals surface area contributed by atoms with Gasteiger partial charge in [0.15, 0.2) is 0 Å². The monoisotopic (exact) mass is 292 g/mol. The minimum absolute atomic E-state index is 0.143. The van der Waals surface area contributed by atoms with Crippen LogP contribution in [-0.2, 0) is 5.54 Å². The molecule has 1 atom stereocenters. The van der Waals surface area contributed by atoms with E-state index in [9.17, 15) is 0 Å². The molecule has 2 heterocycles. The third kappa shape index (κ3) is 2.23. The van der Waals surface area contributed by atoms with Gasteiger partial charge in [0.2, 0.25) is 0 Å². The Morgan fingerprint density at radius 2 is 1.91 bits per heavy atom. The molecule has 0 N–H and O–H groups in total. The molecule has 0 radical (unpaired) electrons. The van der Waals surface area contributed by atoms with Crippen LogP contribution in [0.3, 0.4) is 0 Å². The maximum Gasteiger partial charge on any atom is 0.0861 e. The molecule has 3 rings (SSSR count). The molecular weight excluding hydrogens is 268 g/mol. The molecule has 0 fully saturated rings. The van der Waals surface area contributed by atoms with Crippen LogP contribution in [0.1, 0.15) is 49.1 Å². The van der Waals surface area contributed by atoms with Crippen molar-refractivity contribution in [2.75, 3.05) is 11.9 Å². The van der Waals surface area contributed by atoms with Gasteiger partial charge in [-0.3, -0.25) is 4.98 Å². The Morgan fingerprint density at radius 3 is 2.59 bits per heavy atom. The molecule has 1 aromatic heterocycles. The van der Waals surface area contributed by atoms with Crippen molar-refractivity contribution in [3.05, 3.63) is 65.0 Å². The number of pyridine rings is 1. The topological polar surface area (TPSA) is 16.1 Å². The second kappa shape index (κ2) is 5.28. The molecule has 2 nitrogen and oxygen atoms in total. The van der Waals surface area contributed by atoms with Crippen molar-refractivity contribution in [3.63, 3.8) is 0 Å². The third-order valence-corrected chi connectivity index (χ3v) is 4.90. The maximum atomic E-state index is 4.64. The molecule has 0 saturated heterocycles. The summed E-state index contributed by atoms with van der Waals surface area (Å²) in [7, 11) is 2.17. The van der Waals surface area contributed by atoms with Crippen LogP contribution in [0.25, 0.3) is 6.08 Å². The Balaban J connectivity index is 2.13. The fraction of sp³-hybridized carbons (Fsp3) is 0.350. The normalized spacial score (nSPS) is 20.4. The largest absolute Gasteiger partial charge is 0.360 e. The van der Waals surface area contributed by atoms with Gasteiger partial charge in [-0.05, 0) is 48.6 Å². The molecule has 1 aromatic carbocycles. The number of hydrogen-bond donors (Lipinski definition) is 0. The van der Waals surface area contributed by atoms with Crippen molar-refractivity contribution in [2.45, 2.75) is 39.2 Å². The van der Waals surface area contributed by atoms with Crippen molar-refractivity contribution < 1.29 is 0 Å². The highest BCUT2D eigenvalue weighted by Gasteiger charge is 2.34. The van der Waals surface area contributed by atoms with Crippen LogP contribution < -0.4 is 4.90 Å². The number of hydrogen-bond acceptors (Lipinski definition) is 2. The van der Waals surface area contributed by atoms with E-state index in [0.717, 1.165) is 5.69 Å². The Labute approximate surface area is 133 Å². The van der Waals surface area contributed by atoms with E-state index >= 15 is 0 Å². The molecule has 22 heavy (non-hydrogen) atoms. The summed E-state index contributed by atoms with van der Waals surface area (Å²) < 4.78 is 0. The summed E-state index contributed by atoms with van der Waals surface area (Å²) in [5, 5.41) is 0. The highest BCUT2D eigenvalue weighted by atomic mass is 15.2. The van der Waals surface area contributed by atoms with Crippen molar-refractivity contribution in [2.24, 2.45) is 0 Å². The minimum Gasteiger partial charge on any atom is -0.360 e. The molecule has 114 valence electrons. The molecule has 0 bridgehead atoms. The van der Waals surface area contributed by atoms with Gasteiger partial charge in [0.05, 0.1) is 16.9 Å². The van der Waals surface area contributed by atoms with Crippen molar-refractivity contribution in [1.82, 2.24) is 4.98 Å². The lowest BCUT2D eigenvalue weighted by Gasteiger charge is -2.42. The zero-order valence-electron chi connectivity index (χ0n) is 14.1. The van der Waals surface area contributed by atoms with Crippen LogP contribution in [-0.4, -0.2) is 12.0 Å². The van der Waals surface area contributed by atoms with Crippen LogP contribution >= 0.6 is 0 Å². The predicted molar refractivity (Wildman–Crippen MR) is 94.3 cm³/mol. The zero-order valence-corrected chi connectivity index (χ0v) is 14.1. The van der Waals surface area contributed by atoms with E-state index in [-0.39, 0.29) is 5.54 Å².